The molecule has 2 aromatic heterocycles. The van der Waals surface area contributed by atoms with Crippen molar-refractivity contribution in [2.24, 2.45) is 0 Å². The van der Waals surface area contributed by atoms with Crippen LogP contribution >= 0.6 is 11.6 Å². The van der Waals surface area contributed by atoms with Gasteiger partial charge in [-0.25, -0.2) is 15.0 Å². The van der Waals surface area contributed by atoms with E-state index in [4.69, 9.17) is 30.5 Å². The molecule has 0 aromatic carbocycles. The van der Waals surface area contributed by atoms with E-state index in [0.717, 1.165) is 0 Å². The van der Waals surface area contributed by atoms with Crippen molar-refractivity contribution in [1.82, 2.24) is 19.5 Å². The van der Waals surface area contributed by atoms with Gasteiger partial charge >= 0.3 is 17.9 Å². The zero-order chi connectivity index (χ0) is 21.3. The van der Waals surface area contributed by atoms with Crippen molar-refractivity contribution >= 4 is 40.7 Å². The predicted octanol–water partition coefficient (Wildman–Crippen LogP) is 1.11. The maximum atomic E-state index is 11.7. The van der Waals surface area contributed by atoms with Crippen LogP contribution in [0.4, 0.5) is 0 Å². The van der Waals surface area contributed by atoms with Gasteiger partial charge in [0.2, 0.25) is 0 Å². The van der Waals surface area contributed by atoms with Crippen LogP contribution in [-0.2, 0) is 33.3 Å². The number of esters is 3. The fraction of sp³-hybridized carbons (Fsp3) is 0.529. The molecule has 0 aliphatic carbocycles. The number of rotatable bonds is 5. The van der Waals surface area contributed by atoms with Crippen molar-refractivity contribution in [3.05, 3.63) is 17.3 Å². The van der Waals surface area contributed by atoms with Crippen LogP contribution in [0.1, 0.15) is 32.8 Å². The van der Waals surface area contributed by atoms with Gasteiger partial charge in [0.25, 0.3) is 0 Å². The molecule has 1 unspecified atom stereocenters. The van der Waals surface area contributed by atoms with Crippen LogP contribution in [0.15, 0.2) is 6.33 Å². The Labute approximate surface area is 170 Å². The smallest absolute Gasteiger partial charge is 0.303 e. The van der Waals surface area contributed by atoms with Crippen LogP contribution in [0.5, 0.6) is 0 Å². The van der Waals surface area contributed by atoms with E-state index in [1.54, 1.807) is 6.92 Å². The van der Waals surface area contributed by atoms with Crippen molar-refractivity contribution in [1.29, 1.82) is 0 Å². The quantitative estimate of drug-likeness (QED) is 0.389. The molecule has 1 aliphatic rings. The zero-order valence-electron chi connectivity index (χ0n) is 16.1. The molecule has 1 aliphatic heterocycles. The van der Waals surface area contributed by atoms with Crippen LogP contribution in [-0.4, -0.2) is 62.3 Å². The summed E-state index contributed by atoms with van der Waals surface area (Å²) in [6, 6.07) is 0. The van der Waals surface area contributed by atoms with Gasteiger partial charge in [0.05, 0.1) is 6.33 Å². The molecule has 0 N–H and O–H groups in total. The molecule has 0 amide bonds. The first-order chi connectivity index (χ1) is 13.7. The Kier molecular flexibility index (Phi) is 5.99. The van der Waals surface area contributed by atoms with Gasteiger partial charge < -0.3 is 18.9 Å². The van der Waals surface area contributed by atoms with Crippen molar-refractivity contribution in [2.45, 2.75) is 52.2 Å². The average Bonchev–Trinajstić information content (AvgIpc) is 3.15. The molecule has 2 aromatic rings. The Morgan fingerprint density at radius 2 is 1.76 bits per heavy atom. The molecule has 11 nitrogen and oxygen atoms in total. The Balaban J connectivity index is 2.04. The second-order valence-electron chi connectivity index (χ2n) is 6.40. The number of carbonyl (C=O) groups is 3. The van der Waals surface area contributed by atoms with Crippen LogP contribution in [0.2, 0.25) is 5.15 Å². The van der Waals surface area contributed by atoms with Crippen LogP contribution in [0.25, 0.3) is 11.2 Å². The number of hydrogen-bond donors (Lipinski definition) is 0. The van der Waals surface area contributed by atoms with E-state index in [0.29, 0.717) is 17.0 Å². The molecule has 12 heteroatoms. The van der Waals surface area contributed by atoms with Gasteiger partial charge in [-0.05, 0) is 6.92 Å². The van der Waals surface area contributed by atoms with Gasteiger partial charge in [0.1, 0.15) is 24.1 Å². The molecule has 1 fully saturated rings. The third kappa shape index (κ3) is 4.46. The molecule has 4 atom stereocenters. The molecule has 1 saturated heterocycles. The fourth-order valence-corrected chi connectivity index (χ4v) is 3.34. The second-order valence-corrected chi connectivity index (χ2v) is 6.76. The van der Waals surface area contributed by atoms with E-state index in [1.165, 1.54) is 31.7 Å². The second kappa shape index (κ2) is 8.29. The van der Waals surface area contributed by atoms with Gasteiger partial charge in [0.15, 0.2) is 29.2 Å². The minimum atomic E-state index is -1.04. The molecule has 3 rings (SSSR count). The number of aromatic nitrogens is 4. The normalized spacial score (nSPS) is 23.8. The summed E-state index contributed by atoms with van der Waals surface area (Å²) in [7, 11) is 0. The third-order valence-electron chi connectivity index (χ3n) is 4.11. The molecule has 156 valence electrons. The van der Waals surface area contributed by atoms with Crippen LogP contribution in [0, 0.1) is 6.92 Å². The average molecular weight is 427 g/mol. The third-order valence-corrected chi connectivity index (χ3v) is 4.37. The summed E-state index contributed by atoms with van der Waals surface area (Å²) in [5.41, 5.74) is 0.675. The van der Waals surface area contributed by atoms with Gasteiger partial charge in [0, 0.05) is 20.8 Å². The lowest BCUT2D eigenvalue weighted by Gasteiger charge is -2.23. The van der Waals surface area contributed by atoms with E-state index in [2.05, 4.69) is 15.0 Å². The number of hydrogen-bond acceptors (Lipinski definition) is 10. The first-order valence-electron chi connectivity index (χ1n) is 8.67. The fourth-order valence-electron chi connectivity index (χ4n) is 3.09. The lowest BCUT2D eigenvalue weighted by Crippen LogP contribution is -2.40. The van der Waals surface area contributed by atoms with Crippen molar-refractivity contribution in [3.8, 4) is 0 Å². The monoisotopic (exact) mass is 426 g/mol. The molecule has 0 radical (unpaired) electrons. The highest BCUT2D eigenvalue weighted by molar-refractivity contribution is 6.33. The maximum absolute atomic E-state index is 11.7. The van der Waals surface area contributed by atoms with Crippen molar-refractivity contribution in [2.75, 3.05) is 6.61 Å². The molecule has 3 heterocycles. The summed E-state index contributed by atoms with van der Waals surface area (Å²) in [5, 5.41) is 0.154. The molecular formula is C17H19ClN4O7. The van der Waals surface area contributed by atoms with Gasteiger partial charge in [-0.15, -0.1) is 0 Å². The van der Waals surface area contributed by atoms with Crippen molar-refractivity contribution in [3.63, 3.8) is 0 Å². The molecule has 0 saturated carbocycles. The number of nitrogens with zero attached hydrogens (tertiary/aromatic N) is 4. The van der Waals surface area contributed by atoms with Crippen molar-refractivity contribution < 1.29 is 33.3 Å². The molecular weight excluding hydrogens is 408 g/mol. The van der Waals surface area contributed by atoms with E-state index in [-0.39, 0.29) is 11.8 Å². The summed E-state index contributed by atoms with van der Waals surface area (Å²) >= 11 is 6.13. The minimum Gasteiger partial charge on any atom is -0.463 e. The Morgan fingerprint density at radius 3 is 2.38 bits per heavy atom. The van der Waals surface area contributed by atoms with E-state index in [9.17, 15) is 14.4 Å². The summed E-state index contributed by atoms with van der Waals surface area (Å²) in [5.74, 6) is -1.35. The van der Waals surface area contributed by atoms with Gasteiger partial charge in [-0.2, -0.15) is 0 Å². The highest BCUT2D eigenvalue weighted by atomic mass is 35.5. The topological polar surface area (TPSA) is 132 Å². The van der Waals surface area contributed by atoms with Crippen LogP contribution < -0.4 is 0 Å². The number of halogens is 1. The minimum absolute atomic E-state index is 0.154. The Bertz CT molecular complexity index is 963. The Morgan fingerprint density at radius 1 is 1.10 bits per heavy atom. The highest BCUT2D eigenvalue weighted by Gasteiger charge is 2.51. The SMILES string of the molecule is CC(=O)OC[C@H]1OC(n2cnc3c(Cl)nc(C)nc32)[C@H](OC(C)=O)[C@@H]1OC(C)=O. The highest BCUT2D eigenvalue weighted by Crippen LogP contribution is 2.36. The number of ether oxygens (including phenoxy) is 4. The first-order valence-corrected chi connectivity index (χ1v) is 9.05. The first kappa shape index (κ1) is 20.9. The Hall–Kier alpha value is -2.79. The summed E-state index contributed by atoms with van der Waals surface area (Å²) < 4.78 is 23.2. The summed E-state index contributed by atoms with van der Waals surface area (Å²) in [6.45, 7) is 5.12. The van der Waals surface area contributed by atoms with E-state index < -0.39 is 42.4 Å². The number of aryl methyl sites for hydroxylation is 1. The number of carbonyl (C=O) groups excluding carboxylic acids is 3. The standard InChI is InChI=1S/C17H19ClN4O7/c1-7-20-15(18)12-16(21-7)22(6-19-12)17-14(28-10(4)25)13(27-9(3)24)11(29-17)5-26-8(2)23/h6,11,13-14,17H,5H2,1-4H3/t11-,13-,14-,17?/m1/s1. The zero-order valence-corrected chi connectivity index (χ0v) is 16.9. The van der Waals surface area contributed by atoms with E-state index in [1.807, 2.05) is 0 Å². The maximum Gasteiger partial charge on any atom is 0.303 e. The summed E-state index contributed by atoms with van der Waals surface area (Å²) in [4.78, 5) is 47.2. The predicted molar refractivity (Wildman–Crippen MR) is 96.7 cm³/mol. The molecule has 0 spiro atoms. The number of imidazole rings is 1. The van der Waals surface area contributed by atoms with Gasteiger partial charge in [-0.1, -0.05) is 11.6 Å². The molecule has 29 heavy (non-hydrogen) atoms. The summed E-state index contributed by atoms with van der Waals surface area (Å²) in [6.07, 6.45) is -2.49. The number of fused-ring (bicyclic) bond motifs is 1. The molecule has 0 bridgehead atoms. The van der Waals surface area contributed by atoms with Gasteiger partial charge in [-0.3, -0.25) is 19.0 Å². The lowest BCUT2D eigenvalue weighted by molar-refractivity contribution is -0.166. The largest absolute Gasteiger partial charge is 0.463 e. The van der Waals surface area contributed by atoms with Crippen LogP contribution in [0.3, 0.4) is 0 Å². The lowest BCUT2D eigenvalue weighted by atomic mass is 10.1. The van der Waals surface area contributed by atoms with E-state index >= 15 is 0 Å².